The summed E-state index contributed by atoms with van der Waals surface area (Å²) in [6.07, 6.45) is 3.26. The van der Waals surface area contributed by atoms with Crippen LogP contribution in [0.5, 0.6) is 0 Å². The number of aromatic nitrogens is 1. The van der Waals surface area contributed by atoms with Crippen molar-refractivity contribution in [2.45, 2.75) is 38.0 Å². The van der Waals surface area contributed by atoms with E-state index in [0.717, 1.165) is 28.6 Å². The molecule has 3 aromatic rings. The number of nitrogens with one attached hydrogen (secondary N) is 2. The lowest BCUT2D eigenvalue weighted by molar-refractivity contribution is -0.121. The van der Waals surface area contributed by atoms with Gasteiger partial charge in [-0.2, -0.15) is 0 Å². The van der Waals surface area contributed by atoms with Crippen LogP contribution in [0.2, 0.25) is 0 Å². The second kappa shape index (κ2) is 7.31. The first kappa shape index (κ1) is 18.6. The lowest BCUT2D eigenvalue weighted by Gasteiger charge is -2.27. The van der Waals surface area contributed by atoms with E-state index in [4.69, 9.17) is 0 Å². The van der Waals surface area contributed by atoms with Gasteiger partial charge >= 0.3 is 0 Å². The Labute approximate surface area is 166 Å². The van der Waals surface area contributed by atoms with Crippen LogP contribution in [-0.4, -0.2) is 16.8 Å². The number of nitrogens with zero attached hydrogens (tertiary/aromatic N) is 1. The van der Waals surface area contributed by atoms with E-state index in [1.54, 1.807) is 12.1 Å². The van der Waals surface area contributed by atoms with Crippen LogP contribution < -0.4 is 10.6 Å². The molecule has 5 nitrogen and oxygen atoms in total. The number of thiazole rings is 1. The van der Waals surface area contributed by atoms with E-state index < -0.39 is 5.41 Å². The molecule has 0 spiro atoms. The summed E-state index contributed by atoms with van der Waals surface area (Å²) in [5, 5.41) is 6.20. The molecule has 1 fully saturated rings. The fraction of sp³-hybridized carbons (Fsp3) is 0.286. The van der Waals surface area contributed by atoms with Gasteiger partial charge in [0.15, 0.2) is 5.13 Å². The molecule has 7 heteroatoms. The van der Waals surface area contributed by atoms with Crippen molar-refractivity contribution in [3.63, 3.8) is 0 Å². The van der Waals surface area contributed by atoms with Crippen molar-refractivity contribution in [2.24, 2.45) is 0 Å². The maximum absolute atomic E-state index is 13.8. The first-order valence-corrected chi connectivity index (χ1v) is 10.0. The van der Waals surface area contributed by atoms with Crippen LogP contribution >= 0.6 is 11.3 Å². The van der Waals surface area contributed by atoms with Gasteiger partial charge in [0.2, 0.25) is 11.8 Å². The fourth-order valence-corrected chi connectivity index (χ4v) is 4.79. The zero-order valence-corrected chi connectivity index (χ0v) is 16.2. The lowest BCUT2D eigenvalue weighted by atomic mass is 9.78. The van der Waals surface area contributed by atoms with Gasteiger partial charge in [0, 0.05) is 12.6 Å². The Kier molecular flexibility index (Phi) is 4.85. The molecular weight excluding hydrogens is 377 g/mol. The molecule has 1 aromatic heterocycles. The third-order valence-corrected chi connectivity index (χ3v) is 6.13. The minimum Gasteiger partial charge on any atom is -0.326 e. The summed E-state index contributed by atoms with van der Waals surface area (Å²) in [4.78, 5) is 28.9. The van der Waals surface area contributed by atoms with Gasteiger partial charge in [0.25, 0.3) is 0 Å². The molecule has 144 valence electrons. The van der Waals surface area contributed by atoms with Crippen molar-refractivity contribution < 1.29 is 14.0 Å². The summed E-state index contributed by atoms with van der Waals surface area (Å²) in [7, 11) is 0. The lowest BCUT2D eigenvalue weighted by Crippen LogP contribution is -2.38. The number of benzene rings is 2. The fourth-order valence-electron chi connectivity index (χ4n) is 3.89. The average molecular weight is 397 g/mol. The average Bonchev–Trinajstić information content (AvgIpc) is 3.28. The van der Waals surface area contributed by atoms with Crippen LogP contribution in [0, 0.1) is 5.82 Å². The van der Waals surface area contributed by atoms with E-state index in [1.165, 1.54) is 30.4 Å². The molecule has 1 heterocycles. The number of anilines is 2. The van der Waals surface area contributed by atoms with Crippen LogP contribution in [0.3, 0.4) is 0 Å². The van der Waals surface area contributed by atoms with Crippen molar-refractivity contribution in [2.75, 3.05) is 10.6 Å². The molecule has 2 N–H and O–H groups in total. The molecular formula is C21H20FN3O2S. The maximum atomic E-state index is 13.8. The molecule has 4 rings (SSSR count). The third kappa shape index (κ3) is 3.49. The number of amides is 2. The number of hydrogen-bond acceptors (Lipinski definition) is 4. The second-order valence-corrected chi connectivity index (χ2v) is 8.17. The van der Waals surface area contributed by atoms with Gasteiger partial charge in [0.05, 0.1) is 15.6 Å². The molecule has 1 aliphatic carbocycles. The van der Waals surface area contributed by atoms with Crippen LogP contribution in [0.15, 0.2) is 42.5 Å². The normalized spacial score (nSPS) is 15.5. The molecule has 0 aliphatic heterocycles. The molecule has 0 saturated heterocycles. The van der Waals surface area contributed by atoms with E-state index in [2.05, 4.69) is 15.6 Å². The van der Waals surface area contributed by atoms with E-state index in [9.17, 15) is 14.0 Å². The number of halogens is 1. The second-order valence-electron chi connectivity index (χ2n) is 7.14. The predicted octanol–water partition coefficient (Wildman–Crippen LogP) is 4.84. The Balaban J connectivity index is 1.62. The smallest absolute Gasteiger partial charge is 0.236 e. The first-order chi connectivity index (χ1) is 13.5. The third-order valence-electron chi connectivity index (χ3n) is 5.20. The van der Waals surface area contributed by atoms with Gasteiger partial charge in [0.1, 0.15) is 5.82 Å². The van der Waals surface area contributed by atoms with Crippen molar-refractivity contribution in [3.05, 3.63) is 53.8 Å². The quantitative estimate of drug-likeness (QED) is 0.661. The van der Waals surface area contributed by atoms with Crippen LogP contribution in [0.4, 0.5) is 15.2 Å². The number of fused-ring (bicyclic) bond motifs is 1. The van der Waals surface area contributed by atoms with Gasteiger partial charge in [-0.15, -0.1) is 0 Å². The van der Waals surface area contributed by atoms with E-state index in [0.29, 0.717) is 23.7 Å². The molecule has 1 saturated carbocycles. The Hall–Kier alpha value is -2.80. The topological polar surface area (TPSA) is 71.1 Å². The number of rotatable bonds is 4. The minimum absolute atomic E-state index is 0.142. The predicted molar refractivity (Wildman–Crippen MR) is 109 cm³/mol. The standard InChI is InChI=1S/C21H20FN3O2S/c1-13(26)23-16-7-8-17-18(12-16)28-20(24-17)25-19(27)21(9-2-3-10-21)14-5-4-6-15(22)11-14/h4-8,11-12H,2-3,9-10H2,1H3,(H,23,26)(H,24,25,27). The number of hydrogen-bond donors (Lipinski definition) is 2. The molecule has 0 unspecified atom stereocenters. The first-order valence-electron chi connectivity index (χ1n) is 9.22. The van der Waals surface area contributed by atoms with Crippen molar-refractivity contribution >= 4 is 44.2 Å². The molecule has 0 bridgehead atoms. The van der Waals surface area contributed by atoms with Crippen LogP contribution in [0.25, 0.3) is 10.2 Å². The molecule has 2 aromatic carbocycles. The summed E-state index contributed by atoms with van der Waals surface area (Å²) in [6, 6.07) is 11.8. The summed E-state index contributed by atoms with van der Waals surface area (Å²) in [6.45, 7) is 1.45. The highest BCUT2D eigenvalue weighted by atomic mass is 32.1. The van der Waals surface area contributed by atoms with Gasteiger partial charge in [-0.25, -0.2) is 9.37 Å². The summed E-state index contributed by atoms with van der Waals surface area (Å²) < 4.78 is 14.6. The summed E-state index contributed by atoms with van der Waals surface area (Å²) >= 11 is 1.35. The largest absolute Gasteiger partial charge is 0.326 e. The van der Waals surface area contributed by atoms with Crippen molar-refractivity contribution in [1.29, 1.82) is 0 Å². The molecule has 1 aliphatic rings. The zero-order valence-electron chi connectivity index (χ0n) is 15.4. The summed E-state index contributed by atoms with van der Waals surface area (Å²) in [5.41, 5.74) is 1.44. The zero-order chi connectivity index (χ0) is 19.7. The number of carbonyl (C=O) groups is 2. The van der Waals surface area contributed by atoms with Crippen LogP contribution in [0.1, 0.15) is 38.2 Å². The van der Waals surface area contributed by atoms with E-state index in [1.807, 2.05) is 18.2 Å². The Morgan fingerprint density at radius 1 is 1.11 bits per heavy atom. The highest BCUT2D eigenvalue weighted by molar-refractivity contribution is 7.22. The van der Waals surface area contributed by atoms with E-state index >= 15 is 0 Å². The van der Waals surface area contributed by atoms with Crippen molar-refractivity contribution in [3.8, 4) is 0 Å². The van der Waals surface area contributed by atoms with Crippen molar-refractivity contribution in [1.82, 2.24) is 4.98 Å². The molecule has 28 heavy (non-hydrogen) atoms. The highest BCUT2D eigenvalue weighted by Gasteiger charge is 2.43. The number of carbonyl (C=O) groups excluding carboxylic acids is 2. The summed E-state index contributed by atoms with van der Waals surface area (Å²) in [5.74, 6) is -0.616. The van der Waals surface area contributed by atoms with Gasteiger partial charge in [-0.3, -0.25) is 9.59 Å². The maximum Gasteiger partial charge on any atom is 0.236 e. The molecule has 0 atom stereocenters. The van der Waals surface area contributed by atoms with Crippen LogP contribution in [-0.2, 0) is 15.0 Å². The monoisotopic (exact) mass is 397 g/mol. The van der Waals surface area contributed by atoms with E-state index in [-0.39, 0.29) is 17.6 Å². The Morgan fingerprint density at radius 2 is 1.89 bits per heavy atom. The highest BCUT2D eigenvalue weighted by Crippen LogP contribution is 2.42. The molecule has 2 amide bonds. The van der Waals surface area contributed by atoms with Gasteiger partial charge in [-0.05, 0) is 48.7 Å². The Morgan fingerprint density at radius 3 is 2.61 bits per heavy atom. The van der Waals surface area contributed by atoms with Gasteiger partial charge in [-0.1, -0.05) is 36.3 Å². The Bertz CT molecular complexity index is 1060. The minimum atomic E-state index is -0.721. The SMILES string of the molecule is CC(=O)Nc1ccc2nc(NC(=O)C3(c4cccc(F)c4)CCCC3)sc2c1. The molecule has 0 radical (unpaired) electrons. The van der Waals surface area contributed by atoms with Gasteiger partial charge < -0.3 is 10.6 Å².